The molecule has 29 heavy (non-hydrogen) atoms. The summed E-state index contributed by atoms with van der Waals surface area (Å²) in [5.74, 6) is -0.521. The van der Waals surface area contributed by atoms with Crippen molar-refractivity contribution in [3.8, 4) is 0 Å². The van der Waals surface area contributed by atoms with Gasteiger partial charge in [-0.3, -0.25) is 14.6 Å². The molecule has 1 aliphatic rings. The van der Waals surface area contributed by atoms with Crippen LogP contribution in [0.5, 0.6) is 0 Å². The highest BCUT2D eigenvalue weighted by molar-refractivity contribution is 6.31. The van der Waals surface area contributed by atoms with Gasteiger partial charge < -0.3 is 14.6 Å². The molecule has 1 N–H and O–H groups in total. The predicted octanol–water partition coefficient (Wildman–Crippen LogP) is 2.76. The Kier molecular flexibility index (Phi) is 5.31. The standard InChI is InChI=1S/C21H18ClN3O4/c22-14-4-6-18-13(9-14)10-17(21(28)29-18)20(27)25(11-15-3-1-2-8-23-15)12-16-5-7-19(26)24-16/h1-4,6,8-10,16H,5,7,11-12H2,(H,24,26)/t16-/m0/s1. The van der Waals surface area contributed by atoms with Crippen LogP contribution in [-0.2, 0) is 11.3 Å². The molecule has 0 spiro atoms. The van der Waals surface area contributed by atoms with Gasteiger partial charge in [0.25, 0.3) is 5.91 Å². The summed E-state index contributed by atoms with van der Waals surface area (Å²) in [6.07, 6.45) is 2.70. The maximum Gasteiger partial charge on any atom is 0.349 e. The first kappa shape index (κ1) is 19.1. The van der Waals surface area contributed by atoms with Crippen molar-refractivity contribution >= 4 is 34.4 Å². The predicted molar refractivity (Wildman–Crippen MR) is 108 cm³/mol. The molecule has 148 valence electrons. The molecule has 0 radical (unpaired) electrons. The van der Waals surface area contributed by atoms with Crippen molar-refractivity contribution < 1.29 is 14.0 Å². The van der Waals surface area contributed by atoms with Crippen molar-refractivity contribution in [3.05, 3.63) is 75.4 Å². The molecule has 7 nitrogen and oxygen atoms in total. The molecule has 0 unspecified atom stereocenters. The number of pyridine rings is 1. The SMILES string of the molecule is O=C1CC[C@@H](CN(Cc2ccccn2)C(=O)c2cc3cc(Cl)ccc3oc2=O)N1. The van der Waals surface area contributed by atoms with Crippen LogP contribution in [0.4, 0.5) is 0 Å². The summed E-state index contributed by atoms with van der Waals surface area (Å²) >= 11 is 6.02. The first-order valence-electron chi connectivity index (χ1n) is 9.21. The Bertz CT molecular complexity index is 1130. The number of nitrogens with one attached hydrogen (secondary N) is 1. The molecule has 1 aliphatic heterocycles. The lowest BCUT2D eigenvalue weighted by molar-refractivity contribution is -0.119. The fraction of sp³-hybridized carbons (Fsp3) is 0.238. The summed E-state index contributed by atoms with van der Waals surface area (Å²) in [5, 5.41) is 3.89. The number of aromatic nitrogens is 1. The number of nitrogens with zero attached hydrogens (tertiary/aromatic N) is 2. The van der Waals surface area contributed by atoms with E-state index in [2.05, 4.69) is 10.3 Å². The molecule has 4 rings (SSSR count). The monoisotopic (exact) mass is 411 g/mol. The third-order valence-electron chi connectivity index (χ3n) is 4.82. The van der Waals surface area contributed by atoms with E-state index >= 15 is 0 Å². The zero-order chi connectivity index (χ0) is 20.4. The smallest absolute Gasteiger partial charge is 0.349 e. The Labute approximate surface area is 171 Å². The molecule has 2 amide bonds. The number of hydrogen-bond donors (Lipinski definition) is 1. The minimum atomic E-state index is -0.716. The van der Waals surface area contributed by atoms with Crippen LogP contribution in [0.2, 0.25) is 5.02 Å². The highest BCUT2D eigenvalue weighted by Gasteiger charge is 2.28. The van der Waals surface area contributed by atoms with Gasteiger partial charge in [-0.05, 0) is 42.8 Å². The van der Waals surface area contributed by atoms with Crippen LogP contribution in [0, 0.1) is 0 Å². The van der Waals surface area contributed by atoms with Gasteiger partial charge in [0.2, 0.25) is 5.91 Å². The lowest BCUT2D eigenvalue weighted by atomic mass is 10.1. The quantitative estimate of drug-likeness (QED) is 0.652. The second-order valence-corrected chi connectivity index (χ2v) is 7.38. The summed E-state index contributed by atoms with van der Waals surface area (Å²) in [4.78, 5) is 43.1. The van der Waals surface area contributed by atoms with Crippen LogP contribution >= 0.6 is 11.6 Å². The lowest BCUT2D eigenvalue weighted by Gasteiger charge is -2.25. The molecule has 8 heteroatoms. The van der Waals surface area contributed by atoms with Crippen molar-refractivity contribution in [2.45, 2.75) is 25.4 Å². The Hall–Kier alpha value is -3.19. The topological polar surface area (TPSA) is 92.5 Å². The third kappa shape index (κ3) is 4.30. The molecule has 1 atom stereocenters. The highest BCUT2D eigenvalue weighted by atomic mass is 35.5. The molecule has 1 aromatic carbocycles. The van der Waals surface area contributed by atoms with E-state index in [1.807, 2.05) is 6.07 Å². The third-order valence-corrected chi connectivity index (χ3v) is 5.05. The van der Waals surface area contributed by atoms with Gasteiger partial charge in [-0.2, -0.15) is 0 Å². The van der Waals surface area contributed by atoms with Crippen LogP contribution in [-0.4, -0.2) is 34.3 Å². The first-order valence-corrected chi connectivity index (χ1v) is 9.59. The van der Waals surface area contributed by atoms with Crippen molar-refractivity contribution in [2.75, 3.05) is 6.54 Å². The van der Waals surface area contributed by atoms with Gasteiger partial charge >= 0.3 is 5.63 Å². The second-order valence-electron chi connectivity index (χ2n) is 6.94. The van der Waals surface area contributed by atoms with Gasteiger partial charge in [-0.15, -0.1) is 0 Å². The molecule has 2 aromatic heterocycles. The second kappa shape index (κ2) is 8.05. The Balaban J connectivity index is 1.68. The fourth-order valence-corrected chi connectivity index (χ4v) is 3.58. The Morgan fingerprint density at radius 1 is 1.24 bits per heavy atom. The maximum atomic E-state index is 13.3. The molecular weight excluding hydrogens is 394 g/mol. The number of carbonyl (C=O) groups is 2. The van der Waals surface area contributed by atoms with Gasteiger partial charge in [-0.1, -0.05) is 17.7 Å². The molecule has 0 bridgehead atoms. The Morgan fingerprint density at radius 3 is 2.83 bits per heavy atom. The van der Waals surface area contributed by atoms with Crippen molar-refractivity contribution in [1.29, 1.82) is 0 Å². The summed E-state index contributed by atoms with van der Waals surface area (Å²) in [5.41, 5.74) is 0.236. The highest BCUT2D eigenvalue weighted by Crippen LogP contribution is 2.20. The molecule has 3 aromatic rings. The maximum absolute atomic E-state index is 13.3. The number of fused-ring (bicyclic) bond motifs is 1. The summed E-state index contributed by atoms with van der Waals surface area (Å²) in [7, 11) is 0. The summed E-state index contributed by atoms with van der Waals surface area (Å²) in [6, 6.07) is 11.6. The summed E-state index contributed by atoms with van der Waals surface area (Å²) < 4.78 is 5.31. The van der Waals surface area contributed by atoms with E-state index in [4.69, 9.17) is 16.0 Å². The molecule has 3 heterocycles. The van der Waals surface area contributed by atoms with Crippen molar-refractivity contribution in [2.24, 2.45) is 0 Å². The number of halogens is 1. The summed E-state index contributed by atoms with van der Waals surface area (Å²) in [6.45, 7) is 0.479. The van der Waals surface area contributed by atoms with Crippen LogP contribution in [0.15, 0.2) is 57.9 Å². The molecule has 1 fully saturated rings. The van der Waals surface area contributed by atoms with Crippen LogP contribution < -0.4 is 10.9 Å². The average Bonchev–Trinajstić information content (AvgIpc) is 3.12. The Morgan fingerprint density at radius 2 is 2.10 bits per heavy atom. The van der Waals surface area contributed by atoms with Gasteiger partial charge in [0.15, 0.2) is 0 Å². The average molecular weight is 412 g/mol. The number of rotatable bonds is 5. The minimum absolute atomic E-state index is 0.0416. The zero-order valence-corrected chi connectivity index (χ0v) is 16.2. The van der Waals surface area contributed by atoms with Gasteiger partial charge in [0.05, 0.1) is 12.2 Å². The fourth-order valence-electron chi connectivity index (χ4n) is 3.40. The molecule has 0 aliphatic carbocycles. The van der Waals surface area contributed by atoms with Crippen molar-refractivity contribution in [3.63, 3.8) is 0 Å². The van der Waals surface area contributed by atoms with E-state index in [-0.39, 0.29) is 30.6 Å². The van der Waals surface area contributed by atoms with E-state index < -0.39 is 11.5 Å². The molecular formula is C21H18ClN3O4. The van der Waals surface area contributed by atoms with E-state index in [1.54, 1.807) is 36.5 Å². The van der Waals surface area contributed by atoms with Gasteiger partial charge in [-0.25, -0.2) is 4.79 Å². The number of carbonyl (C=O) groups excluding carboxylic acids is 2. The van der Waals surface area contributed by atoms with Crippen molar-refractivity contribution in [1.82, 2.24) is 15.2 Å². The van der Waals surface area contributed by atoms with E-state index in [0.717, 1.165) is 0 Å². The minimum Gasteiger partial charge on any atom is -0.422 e. The van der Waals surface area contributed by atoms with Gasteiger partial charge in [0.1, 0.15) is 11.1 Å². The number of benzene rings is 1. The van der Waals surface area contributed by atoms with Gasteiger partial charge in [0, 0.05) is 35.6 Å². The number of hydrogen-bond acceptors (Lipinski definition) is 5. The van der Waals surface area contributed by atoms with E-state index in [1.165, 1.54) is 11.0 Å². The van der Waals surface area contributed by atoms with Crippen LogP contribution in [0.1, 0.15) is 28.9 Å². The lowest BCUT2D eigenvalue weighted by Crippen LogP contribution is -2.42. The zero-order valence-electron chi connectivity index (χ0n) is 15.4. The largest absolute Gasteiger partial charge is 0.422 e. The van der Waals surface area contributed by atoms with E-state index in [0.29, 0.717) is 34.5 Å². The number of amides is 2. The van der Waals surface area contributed by atoms with Crippen LogP contribution in [0.25, 0.3) is 11.0 Å². The molecule has 1 saturated heterocycles. The first-order chi connectivity index (χ1) is 14.0. The molecule has 0 saturated carbocycles. The van der Waals surface area contributed by atoms with E-state index in [9.17, 15) is 14.4 Å². The van der Waals surface area contributed by atoms with Crippen LogP contribution in [0.3, 0.4) is 0 Å². The normalized spacial score (nSPS) is 16.0.